The van der Waals surface area contributed by atoms with Crippen molar-refractivity contribution in [2.75, 3.05) is 31.6 Å². The van der Waals surface area contributed by atoms with E-state index >= 15 is 0 Å². The van der Waals surface area contributed by atoms with Gasteiger partial charge in [0, 0.05) is 12.7 Å². The molecule has 0 aliphatic carbocycles. The van der Waals surface area contributed by atoms with Gasteiger partial charge in [-0.2, -0.15) is 0 Å². The molecule has 0 aromatic carbocycles. The van der Waals surface area contributed by atoms with Crippen LogP contribution in [0.3, 0.4) is 0 Å². The molecule has 1 saturated heterocycles. The predicted molar refractivity (Wildman–Crippen MR) is 74.1 cm³/mol. The van der Waals surface area contributed by atoms with Crippen LogP contribution in [-0.4, -0.2) is 31.2 Å². The van der Waals surface area contributed by atoms with Crippen LogP contribution in [0.5, 0.6) is 5.75 Å². The third kappa shape index (κ3) is 3.88. The molecule has 0 saturated carbocycles. The Hall–Kier alpha value is -1.29. The first kappa shape index (κ1) is 13.1. The highest BCUT2D eigenvalue weighted by atomic mass is 16.5. The van der Waals surface area contributed by atoms with Crippen LogP contribution >= 0.6 is 0 Å². The quantitative estimate of drug-likeness (QED) is 0.812. The summed E-state index contributed by atoms with van der Waals surface area (Å²) in [5, 5.41) is 6.84. The second-order valence-corrected chi connectivity index (χ2v) is 4.79. The topological polar surface area (TPSA) is 46.2 Å². The molecule has 1 atom stereocenters. The zero-order chi connectivity index (χ0) is 12.6. The number of hydrogen-bond donors (Lipinski definition) is 2. The Kier molecular flexibility index (Phi) is 5.27. The minimum atomic E-state index is 0.694. The third-order valence-electron chi connectivity index (χ3n) is 3.19. The van der Waals surface area contributed by atoms with E-state index < -0.39 is 0 Å². The monoisotopic (exact) mass is 249 g/mol. The van der Waals surface area contributed by atoms with Gasteiger partial charge in [-0.25, -0.2) is 4.98 Å². The van der Waals surface area contributed by atoms with Crippen LogP contribution in [0.4, 0.5) is 5.82 Å². The minimum absolute atomic E-state index is 0.694. The molecule has 0 spiro atoms. The fourth-order valence-corrected chi connectivity index (χ4v) is 2.19. The SMILES string of the molecule is CCCOc1cccnc1NCC1CCCNC1. The van der Waals surface area contributed by atoms with Crippen LogP contribution in [0.15, 0.2) is 18.3 Å². The van der Waals surface area contributed by atoms with Crippen molar-refractivity contribution in [3.8, 4) is 5.75 Å². The second kappa shape index (κ2) is 7.21. The molecule has 2 heterocycles. The number of nitrogens with zero attached hydrogens (tertiary/aromatic N) is 1. The Balaban J connectivity index is 1.87. The lowest BCUT2D eigenvalue weighted by Crippen LogP contribution is -2.33. The minimum Gasteiger partial charge on any atom is -0.490 e. The van der Waals surface area contributed by atoms with Crippen molar-refractivity contribution in [1.29, 1.82) is 0 Å². The number of pyridine rings is 1. The highest BCUT2D eigenvalue weighted by Gasteiger charge is 2.13. The fraction of sp³-hybridized carbons (Fsp3) is 0.643. The van der Waals surface area contributed by atoms with Gasteiger partial charge >= 0.3 is 0 Å². The Morgan fingerprint density at radius 2 is 2.50 bits per heavy atom. The molecule has 2 rings (SSSR count). The van der Waals surface area contributed by atoms with Gasteiger partial charge < -0.3 is 15.4 Å². The van der Waals surface area contributed by atoms with E-state index in [9.17, 15) is 0 Å². The smallest absolute Gasteiger partial charge is 0.168 e. The molecule has 1 aromatic heterocycles. The summed E-state index contributed by atoms with van der Waals surface area (Å²) < 4.78 is 5.69. The maximum absolute atomic E-state index is 5.69. The molecule has 0 radical (unpaired) electrons. The average molecular weight is 249 g/mol. The molecule has 1 aromatic rings. The number of nitrogens with one attached hydrogen (secondary N) is 2. The average Bonchev–Trinajstić information content (AvgIpc) is 2.45. The highest BCUT2D eigenvalue weighted by molar-refractivity contribution is 5.49. The summed E-state index contributed by atoms with van der Waals surface area (Å²) in [5.41, 5.74) is 0. The summed E-state index contributed by atoms with van der Waals surface area (Å²) in [5.74, 6) is 2.43. The van der Waals surface area contributed by atoms with E-state index in [1.165, 1.54) is 12.8 Å². The van der Waals surface area contributed by atoms with Gasteiger partial charge in [0.25, 0.3) is 0 Å². The Morgan fingerprint density at radius 1 is 1.56 bits per heavy atom. The van der Waals surface area contributed by atoms with Crippen LogP contribution in [0.2, 0.25) is 0 Å². The number of anilines is 1. The standard InChI is InChI=1S/C14H23N3O/c1-2-9-18-13-6-4-8-16-14(13)17-11-12-5-3-7-15-10-12/h4,6,8,12,15H,2-3,5,7,9-11H2,1H3,(H,16,17). The number of rotatable bonds is 6. The zero-order valence-electron chi connectivity index (χ0n) is 11.1. The first-order chi connectivity index (χ1) is 8.90. The van der Waals surface area contributed by atoms with Crippen molar-refractivity contribution in [3.63, 3.8) is 0 Å². The predicted octanol–water partition coefficient (Wildman–Crippen LogP) is 2.28. The van der Waals surface area contributed by atoms with E-state index in [4.69, 9.17) is 4.74 Å². The van der Waals surface area contributed by atoms with Crippen LogP contribution in [0.1, 0.15) is 26.2 Å². The molecular formula is C14H23N3O. The van der Waals surface area contributed by atoms with Crippen molar-refractivity contribution < 1.29 is 4.74 Å². The fourth-order valence-electron chi connectivity index (χ4n) is 2.19. The normalized spacial score (nSPS) is 19.5. The van der Waals surface area contributed by atoms with Crippen molar-refractivity contribution in [2.24, 2.45) is 5.92 Å². The Morgan fingerprint density at radius 3 is 3.28 bits per heavy atom. The van der Waals surface area contributed by atoms with Crippen LogP contribution in [0.25, 0.3) is 0 Å². The van der Waals surface area contributed by atoms with E-state index in [2.05, 4.69) is 22.5 Å². The van der Waals surface area contributed by atoms with Gasteiger partial charge in [-0.1, -0.05) is 6.92 Å². The van der Waals surface area contributed by atoms with E-state index in [0.717, 1.165) is 44.2 Å². The first-order valence-electron chi connectivity index (χ1n) is 6.92. The molecule has 0 bridgehead atoms. The Labute approximate surface area is 109 Å². The lowest BCUT2D eigenvalue weighted by atomic mass is 10.00. The van der Waals surface area contributed by atoms with E-state index in [1.54, 1.807) is 6.20 Å². The lowest BCUT2D eigenvalue weighted by molar-refractivity contribution is 0.317. The summed E-state index contributed by atoms with van der Waals surface area (Å²) >= 11 is 0. The summed E-state index contributed by atoms with van der Waals surface area (Å²) in [6.45, 7) is 6.07. The first-order valence-corrected chi connectivity index (χ1v) is 6.92. The third-order valence-corrected chi connectivity index (χ3v) is 3.19. The molecule has 4 heteroatoms. The zero-order valence-corrected chi connectivity index (χ0v) is 11.1. The molecule has 18 heavy (non-hydrogen) atoms. The van der Waals surface area contributed by atoms with E-state index in [0.29, 0.717) is 5.92 Å². The van der Waals surface area contributed by atoms with Crippen molar-refractivity contribution in [3.05, 3.63) is 18.3 Å². The molecule has 4 nitrogen and oxygen atoms in total. The van der Waals surface area contributed by atoms with Crippen molar-refractivity contribution in [1.82, 2.24) is 10.3 Å². The highest BCUT2D eigenvalue weighted by Crippen LogP contribution is 2.22. The molecule has 1 aliphatic rings. The molecule has 100 valence electrons. The van der Waals surface area contributed by atoms with Crippen LogP contribution in [0, 0.1) is 5.92 Å². The second-order valence-electron chi connectivity index (χ2n) is 4.79. The van der Waals surface area contributed by atoms with Crippen molar-refractivity contribution in [2.45, 2.75) is 26.2 Å². The number of piperidine rings is 1. The molecular weight excluding hydrogens is 226 g/mol. The summed E-state index contributed by atoms with van der Waals surface area (Å²) in [7, 11) is 0. The van der Waals surface area contributed by atoms with Gasteiger partial charge in [0.15, 0.2) is 11.6 Å². The maximum atomic E-state index is 5.69. The van der Waals surface area contributed by atoms with E-state index in [-0.39, 0.29) is 0 Å². The molecule has 1 unspecified atom stereocenters. The van der Waals surface area contributed by atoms with Gasteiger partial charge in [0.2, 0.25) is 0 Å². The van der Waals surface area contributed by atoms with E-state index in [1.807, 2.05) is 12.1 Å². The van der Waals surface area contributed by atoms with Gasteiger partial charge in [-0.15, -0.1) is 0 Å². The van der Waals surface area contributed by atoms with Crippen molar-refractivity contribution >= 4 is 5.82 Å². The van der Waals surface area contributed by atoms with Gasteiger partial charge in [-0.05, 0) is 50.4 Å². The molecule has 0 amide bonds. The number of ether oxygens (including phenoxy) is 1. The summed E-state index contributed by atoms with van der Waals surface area (Å²) in [4.78, 5) is 4.36. The number of hydrogen-bond acceptors (Lipinski definition) is 4. The summed E-state index contributed by atoms with van der Waals surface area (Å²) in [6, 6.07) is 3.89. The van der Waals surface area contributed by atoms with Gasteiger partial charge in [0.05, 0.1) is 6.61 Å². The maximum Gasteiger partial charge on any atom is 0.168 e. The van der Waals surface area contributed by atoms with Gasteiger partial charge in [0.1, 0.15) is 0 Å². The largest absolute Gasteiger partial charge is 0.490 e. The number of aromatic nitrogens is 1. The molecule has 1 fully saturated rings. The van der Waals surface area contributed by atoms with Crippen LogP contribution < -0.4 is 15.4 Å². The van der Waals surface area contributed by atoms with Crippen LogP contribution in [-0.2, 0) is 0 Å². The lowest BCUT2D eigenvalue weighted by Gasteiger charge is -2.23. The molecule has 2 N–H and O–H groups in total. The summed E-state index contributed by atoms with van der Waals surface area (Å²) in [6.07, 6.45) is 5.38. The van der Waals surface area contributed by atoms with Gasteiger partial charge in [-0.3, -0.25) is 0 Å². The molecule has 1 aliphatic heterocycles. The Bertz CT molecular complexity index is 351.